The number of aliphatic hydroxyl groups excluding tert-OH is 1. The molecule has 0 saturated carbocycles. The van der Waals surface area contributed by atoms with E-state index >= 15 is 0 Å². The Kier molecular flexibility index (Phi) is 6.36. The number of carbonyl (C=O) groups is 2. The monoisotopic (exact) mass is 461 g/mol. The zero-order valence-electron chi connectivity index (χ0n) is 19.0. The molecule has 6 nitrogen and oxygen atoms in total. The van der Waals surface area contributed by atoms with Crippen LogP contribution in [0.25, 0.3) is 5.76 Å². The van der Waals surface area contributed by atoms with Gasteiger partial charge in [-0.2, -0.15) is 0 Å². The standard InChI is InChI=1S/C27H24FNO5/c1-4-34-20-7-5-6-17(14-20)24-23(25(30)21-15-18(28)10-13-22(21)33-3)26(31)27(32)29(24)19-11-8-16(2)9-12-19/h5-15,24,30H,4H2,1-3H3/b25-23+. The summed E-state index contributed by atoms with van der Waals surface area (Å²) in [6.45, 7) is 4.19. The van der Waals surface area contributed by atoms with Crippen LogP contribution in [0.15, 0.2) is 72.3 Å². The van der Waals surface area contributed by atoms with Crippen molar-refractivity contribution < 1.29 is 28.6 Å². The maximum atomic E-state index is 14.1. The number of hydrogen-bond acceptors (Lipinski definition) is 5. The molecule has 3 aromatic rings. The van der Waals surface area contributed by atoms with E-state index in [4.69, 9.17) is 9.47 Å². The van der Waals surface area contributed by atoms with Gasteiger partial charge in [0.05, 0.1) is 30.9 Å². The number of ketones is 1. The van der Waals surface area contributed by atoms with Gasteiger partial charge < -0.3 is 14.6 Å². The molecule has 1 unspecified atom stereocenters. The predicted molar refractivity (Wildman–Crippen MR) is 127 cm³/mol. The second-order valence-corrected chi connectivity index (χ2v) is 7.85. The van der Waals surface area contributed by atoms with Crippen LogP contribution in [0, 0.1) is 12.7 Å². The number of aliphatic hydroxyl groups is 1. The third-order valence-electron chi connectivity index (χ3n) is 5.66. The minimum Gasteiger partial charge on any atom is -0.507 e. The number of hydrogen-bond donors (Lipinski definition) is 1. The summed E-state index contributed by atoms with van der Waals surface area (Å²) in [5, 5.41) is 11.3. The molecular weight excluding hydrogens is 437 g/mol. The van der Waals surface area contributed by atoms with E-state index in [-0.39, 0.29) is 16.9 Å². The van der Waals surface area contributed by atoms with Gasteiger partial charge in [0.15, 0.2) is 0 Å². The van der Waals surface area contributed by atoms with Gasteiger partial charge in [-0.15, -0.1) is 0 Å². The number of benzene rings is 3. The van der Waals surface area contributed by atoms with Crippen molar-refractivity contribution in [2.75, 3.05) is 18.6 Å². The van der Waals surface area contributed by atoms with Gasteiger partial charge in [0.25, 0.3) is 11.7 Å². The lowest BCUT2D eigenvalue weighted by Crippen LogP contribution is -2.29. The lowest BCUT2D eigenvalue weighted by Gasteiger charge is -2.26. The number of rotatable bonds is 6. The first kappa shape index (κ1) is 23.0. The van der Waals surface area contributed by atoms with Crippen molar-refractivity contribution in [1.82, 2.24) is 0 Å². The molecule has 1 atom stereocenters. The van der Waals surface area contributed by atoms with Crippen LogP contribution in [0.1, 0.15) is 29.7 Å². The topological polar surface area (TPSA) is 76.1 Å². The first-order valence-corrected chi connectivity index (χ1v) is 10.8. The third-order valence-corrected chi connectivity index (χ3v) is 5.66. The van der Waals surface area contributed by atoms with Gasteiger partial charge in [-0.25, -0.2) is 4.39 Å². The molecule has 3 aromatic carbocycles. The quantitative estimate of drug-likeness (QED) is 0.312. The summed E-state index contributed by atoms with van der Waals surface area (Å²) in [6.07, 6.45) is 0. The SMILES string of the molecule is CCOc1cccc(C2/C(=C(\O)c3cc(F)ccc3OC)C(=O)C(=O)N2c2ccc(C)cc2)c1. The normalized spacial score (nSPS) is 17.2. The highest BCUT2D eigenvalue weighted by Gasteiger charge is 2.47. The fourth-order valence-electron chi connectivity index (χ4n) is 4.07. The number of carbonyl (C=O) groups excluding carboxylic acids is 2. The molecule has 1 saturated heterocycles. The summed E-state index contributed by atoms with van der Waals surface area (Å²) >= 11 is 0. The fourth-order valence-corrected chi connectivity index (χ4v) is 4.07. The second kappa shape index (κ2) is 9.39. The molecule has 4 rings (SSSR count). The van der Waals surface area contributed by atoms with E-state index in [0.29, 0.717) is 23.6 Å². The summed E-state index contributed by atoms with van der Waals surface area (Å²) in [4.78, 5) is 27.9. The maximum absolute atomic E-state index is 14.1. The molecule has 174 valence electrons. The molecule has 0 bridgehead atoms. The Morgan fingerprint density at radius 1 is 1.06 bits per heavy atom. The van der Waals surface area contributed by atoms with Gasteiger partial charge in [-0.05, 0) is 61.9 Å². The first-order chi connectivity index (χ1) is 16.3. The predicted octanol–water partition coefficient (Wildman–Crippen LogP) is 5.17. The average Bonchev–Trinajstić information content (AvgIpc) is 3.10. The molecule has 1 fully saturated rings. The minimum absolute atomic E-state index is 0.0182. The van der Waals surface area contributed by atoms with Crippen molar-refractivity contribution in [3.63, 3.8) is 0 Å². The highest BCUT2D eigenvalue weighted by Crippen LogP contribution is 2.44. The van der Waals surface area contributed by atoms with Crippen molar-refractivity contribution in [2.24, 2.45) is 0 Å². The summed E-state index contributed by atoms with van der Waals surface area (Å²) < 4.78 is 25.0. The average molecular weight is 461 g/mol. The van der Waals surface area contributed by atoms with Crippen LogP contribution in [0.5, 0.6) is 11.5 Å². The summed E-state index contributed by atoms with van der Waals surface area (Å²) in [5.41, 5.74) is 1.85. The zero-order chi connectivity index (χ0) is 24.4. The smallest absolute Gasteiger partial charge is 0.300 e. The number of anilines is 1. The second-order valence-electron chi connectivity index (χ2n) is 7.85. The van der Waals surface area contributed by atoms with E-state index in [1.807, 2.05) is 26.0 Å². The van der Waals surface area contributed by atoms with Crippen molar-refractivity contribution in [2.45, 2.75) is 19.9 Å². The molecule has 0 radical (unpaired) electrons. The lowest BCUT2D eigenvalue weighted by molar-refractivity contribution is -0.132. The summed E-state index contributed by atoms with van der Waals surface area (Å²) in [7, 11) is 1.37. The highest BCUT2D eigenvalue weighted by atomic mass is 19.1. The van der Waals surface area contributed by atoms with Crippen LogP contribution >= 0.6 is 0 Å². The Labute approximate surface area is 196 Å². The molecule has 0 spiro atoms. The fraction of sp³-hybridized carbons (Fsp3) is 0.185. The van der Waals surface area contributed by atoms with Crippen LogP contribution in [0.2, 0.25) is 0 Å². The van der Waals surface area contributed by atoms with E-state index in [0.717, 1.165) is 11.6 Å². The number of Topliss-reactive ketones (excluding diaryl/α,β-unsaturated/α-hetero) is 1. The van der Waals surface area contributed by atoms with Crippen molar-refractivity contribution in [3.05, 3.63) is 94.8 Å². The number of nitrogens with zero attached hydrogens (tertiary/aromatic N) is 1. The highest BCUT2D eigenvalue weighted by molar-refractivity contribution is 6.51. The Morgan fingerprint density at radius 3 is 2.47 bits per heavy atom. The molecule has 0 aliphatic carbocycles. The molecule has 34 heavy (non-hydrogen) atoms. The number of methoxy groups -OCH3 is 1. The zero-order valence-corrected chi connectivity index (χ0v) is 19.0. The first-order valence-electron chi connectivity index (χ1n) is 10.8. The molecule has 0 aromatic heterocycles. The Balaban J connectivity index is 1.98. The molecule has 7 heteroatoms. The van der Waals surface area contributed by atoms with Crippen LogP contribution in [0.4, 0.5) is 10.1 Å². The van der Waals surface area contributed by atoms with Crippen LogP contribution in [-0.2, 0) is 9.59 Å². The molecular formula is C27H24FNO5. The van der Waals surface area contributed by atoms with Gasteiger partial charge in [-0.3, -0.25) is 14.5 Å². The van der Waals surface area contributed by atoms with Gasteiger partial charge in [0, 0.05) is 5.69 Å². The van der Waals surface area contributed by atoms with Gasteiger partial charge in [0.1, 0.15) is 23.1 Å². The van der Waals surface area contributed by atoms with Crippen LogP contribution in [-0.4, -0.2) is 30.5 Å². The molecule has 1 amide bonds. The Bertz CT molecular complexity index is 1280. The van der Waals surface area contributed by atoms with E-state index in [9.17, 15) is 19.1 Å². The maximum Gasteiger partial charge on any atom is 0.300 e. The van der Waals surface area contributed by atoms with Crippen molar-refractivity contribution in [1.29, 1.82) is 0 Å². The molecule has 1 aliphatic rings. The third kappa shape index (κ3) is 4.12. The van der Waals surface area contributed by atoms with E-state index in [1.165, 1.54) is 24.1 Å². The summed E-state index contributed by atoms with van der Waals surface area (Å²) in [6, 6.07) is 16.8. The van der Waals surface area contributed by atoms with Crippen LogP contribution < -0.4 is 14.4 Å². The summed E-state index contributed by atoms with van der Waals surface area (Å²) in [5.74, 6) is -2.09. The Morgan fingerprint density at radius 2 is 1.79 bits per heavy atom. The van der Waals surface area contributed by atoms with Gasteiger partial charge >= 0.3 is 0 Å². The van der Waals surface area contributed by atoms with E-state index in [1.54, 1.807) is 36.4 Å². The number of halogens is 1. The molecule has 1 heterocycles. The number of ether oxygens (including phenoxy) is 2. The number of amides is 1. The Hall–Kier alpha value is -4.13. The number of aryl methyl sites for hydroxylation is 1. The molecule has 1 aliphatic heterocycles. The van der Waals surface area contributed by atoms with E-state index in [2.05, 4.69) is 0 Å². The van der Waals surface area contributed by atoms with E-state index < -0.39 is 29.3 Å². The van der Waals surface area contributed by atoms with Gasteiger partial charge in [0.2, 0.25) is 0 Å². The van der Waals surface area contributed by atoms with Crippen molar-refractivity contribution >= 4 is 23.1 Å². The van der Waals surface area contributed by atoms with Crippen LogP contribution in [0.3, 0.4) is 0 Å². The van der Waals surface area contributed by atoms with Crippen molar-refractivity contribution in [3.8, 4) is 11.5 Å². The lowest BCUT2D eigenvalue weighted by atomic mass is 9.94. The molecule has 1 N–H and O–H groups in total. The minimum atomic E-state index is -0.962. The largest absolute Gasteiger partial charge is 0.507 e. The van der Waals surface area contributed by atoms with Gasteiger partial charge in [-0.1, -0.05) is 29.8 Å².